The van der Waals surface area contributed by atoms with Gasteiger partial charge in [0.05, 0.1) is 12.8 Å². The molecule has 1 amide bonds. The van der Waals surface area contributed by atoms with Crippen molar-refractivity contribution in [2.75, 3.05) is 19.0 Å². The van der Waals surface area contributed by atoms with E-state index in [0.29, 0.717) is 11.4 Å². The lowest BCUT2D eigenvalue weighted by atomic mass is 10.3. The van der Waals surface area contributed by atoms with Crippen molar-refractivity contribution < 1.29 is 24.2 Å². The van der Waals surface area contributed by atoms with Crippen molar-refractivity contribution in [3.63, 3.8) is 0 Å². The summed E-state index contributed by atoms with van der Waals surface area (Å²) in [5.74, 6) is -0.767. The molecule has 7 heteroatoms. The van der Waals surface area contributed by atoms with Crippen molar-refractivity contribution >= 4 is 17.7 Å². The zero-order chi connectivity index (χ0) is 13.5. The van der Waals surface area contributed by atoms with E-state index in [4.69, 9.17) is 15.6 Å². The van der Waals surface area contributed by atoms with E-state index in [-0.39, 0.29) is 0 Å². The first-order chi connectivity index (χ1) is 8.54. The summed E-state index contributed by atoms with van der Waals surface area (Å²) in [5.41, 5.74) is 5.61. The van der Waals surface area contributed by atoms with Crippen molar-refractivity contribution in [3.8, 4) is 5.75 Å². The molecule has 98 valence electrons. The van der Waals surface area contributed by atoms with Gasteiger partial charge in [-0.25, -0.2) is 4.79 Å². The largest absolute Gasteiger partial charge is 0.495 e. The standard InChI is InChI=1S/C11H14N2O5/c1-17-9-5-3-2-4-8(9)13-11(16)18-6-7(12)10(14)15/h2-5,7H,6,12H2,1H3,(H,13,16)(H,14,15). The topological polar surface area (TPSA) is 111 Å². The van der Waals surface area contributed by atoms with E-state index < -0.39 is 24.7 Å². The number of hydrogen-bond donors (Lipinski definition) is 3. The van der Waals surface area contributed by atoms with E-state index in [1.165, 1.54) is 7.11 Å². The van der Waals surface area contributed by atoms with Crippen LogP contribution >= 0.6 is 0 Å². The zero-order valence-electron chi connectivity index (χ0n) is 9.75. The third-order valence-corrected chi connectivity index (χ3v) is 2.05. The highest BCUT2D eigenvalue weighted by molar-refractivity contribution is 5.87. The molecule has 18 heavy (non-hydrogen) atoms. The van der Waals surface area contributed by atoms with Crippen LogP contribution in [0.3, 0.4) is 0 Å². The number of ether oxygens (including phenoxy) is 2. The van der Waals surface area contributed by atoms with Gasteiger partial charge in [0.25, 0.3) is 0 Å². The molecule has 0 aromatic heterocycles. The highest BCUT2D eigenvalue weighted by atomic mass is 16.6. The van der Waals surface area contributed by atoms with Crippen molar-refractivity contribution in [1.29, 1.82) is 0 Å². The number of para-hydroxylation sites is 2. The third-order valence-electron chi connectivity index (χ3n) is 2.05. The van der Waals surface area contributed by atoms with Crippen molar-refractivity contribution in [1.82, 2.24) is 0 Å². The average molecular weight is 254 g/mol. The molecular formula is C11H14N2O5. The van der Waals surface area contributed by atoms with Gasteiger partial charge in [-0.3, -0.25) is 10.1 Å². The van der Waals surface area contributed by atoms with Crippen LogP contribution in [-0.2, 0) is 9.53 Å². The molecule has 1 atom stereocenters. The maximum absolute atomic E-state index is 11.4. The van der Waals surface area contributed by atoms with E-state index >= 15 is 0 Å². The molecule has 0 saturated heterocycles. The number of anilines is 1. The Bertz CT molecular complexity index is 435. The van der Waals surface area contributed by atoms with Crippen LogP contribution in [0.5, 0.6) is 5.75 Å². The highest BCUT2D eigenvalue weighted by Crippen LogP contribution is 2.22. The van der Waals surface area contributed by atoms with Gasteiger partial charge in [-0.15, -0.1) is 0 Å². The molecule has 0 aliphatic carbocycles. The molecule has 0 bridgehead atoms. The fourth-order valence-electron chi connectivity index (χ4n) is 1.13. The lowest BCUT2D eigenvalue weighted by Crippen LogP contribution is -2.36. The first-order valence-electron chi connectivity index (χ1n) is 5.09. The Hall–Kier alpha value is -2.28. The summed E-state index contributed by atoms with van der Waals surface area (Å²) in [6.45, 7) is -0.406. The summed E-state index contributed by atoms with van der Waals surface area (Å²) in [7, 11) is 1.46. The number of carbonyl (C=O) groups is 2. The van der Waals surface area contributed by atoms with Gasteiger partial charge in [0.15, 0.2) is 0 Å². The molecule has 0 aliphatic rings. The van der Waals surface area contributed by atoms with Gasteiger partial charge in [-0.2, -0.15) is 0 Å². The number of aliphatic carboxylic acids is 1. The van der Waals surface area contributed by atoms with Crippen LogP contribution in [0.2, 0.25) is 0 Å². The van der Waals surface area contributed by atoms with Gasteiger partial charge in [0.2, 0.25) is 0 Å². The molecule has 0 fully saturated rings. The van der Waals surface area contributed by atoms with Crippen molar-refractivity contribution in [2.24, 2.45) is 5.73 Å². The van der Waals surface area contributed by atoms with E-state index in [1.807, 2.05) is 0 Å². The normalized spacial score (nSPS) is 11.4. The quantitative estimate of drug-likeness (QED) is 0.711. The number of carboxylic acid groups (broad SMARTS) is 1. The minimum atomic E-state index is -1.24. The van der Waals surface area contributed by atoms with Crippen molar-refractivity contribution in [3.05, 3.63) is 24.3 Å². The predicted molar refractivity (Wildman–Crippen MR) is 63.6 cm³/mol. The van der Waals surface area contributed by atoms with Crippen LogP contribution < -0.4 is 15.8 Å². The van der Waals surface area contributed by atoms with Crippen LogP contribution in [-0.4, -0.2) is 36.9 Å². The molecule has 0 heterocycles. The maximum atomic E-state index is 11.4. The molecule has 1 aromatic carbocycles. The molecular weight excluding hydrogens is 240 g/mol. The maximum Gasteiger partial charge on any atom is 0.411 e. The summed E-state index contributed by atoms with van der Waals surface area (Å²) in [4.78, 5) is 21.8. The molecule has 0 radical (unpaired) electrons. The number of amides is 1. The van der Waals surface area contributed by atoms with E-state index in [9.17, 15) is 9.59 Å². The Balaban J connectivity index is 2.52. The number of carboxylic acids is 1. The summed E-state index contributed by atoms with van der Waals surface area (Å²) < 4.78 is 9.68. The van der Waals surface area contributed by atoms with Crippen LogP contribution in [0.15, 0.2) is 24.3 Å². The average Bonchev–Trinajstić information content (AvgIpc) is 2.36. The van der Waals surface area contributed by atoms with Crippen molar-refractivity contribution in [2.45, 2.75) is 6.04 Å². The fraction of sp³-hybridized carbons (Fsp3) is 0.273. The molecule has 1 rings (SSSR count). The van der Waals surface area contributed by atoms with E-state index in [2.05, 4.69) is 10.1 Å². The zero-order valence-corrected chi connectivity index (χ0v) is 9.75. The first kappa shape index (κ1) is 13.8. The summed E-state index contributed by atoms with van der Waals surface area (Å²) >= 11 is 0. The lowest BCUT2D eigenvalue weighted by molar-refractivity contribution is -0.139. The molecule has 1 unspecified atom stereocenters. The third kappa shape index (κ3) is 3.95. The number of carbonyl (C=O) groups excluding carboxylic acids is 1. The van der Waals surface area contributed by atoms with Crippen LogP contribution in [0.25, 0.3) is 0 Å². The second-order valence-corrected chi connectivity index (χ2v) is 3.37. The van der Waals surface area contributed by atoms with Gasteiger partial charge < -0.3 is 20.3 Å². The van der Waals surface area contributed by atoms with Crippen LogP contribution in [0.1, 0.15) is 0 Å². The fourth-order valence-corrected chi connectivity index (χ4v) is 1.13. The molecule has 0 spiro atoms. The monoisotopic (exact) mass is 254 g/mol. The van der Waals surface area contributed by atoms with E-state index in [0.717, 1.165) is 0 Å². The Morgan fingerprint density at radius 2 is 2.11 bits per heavy atom. The SMILES string of the molecule is COc1ccccc1NC(=O)OCC(N)C(=O)O. The number of nitrogens with one attached hydrogen (secondary N) is 1. The second-order valence-electron chi connectivity index (χ2n) is 3.37. The Morgan fingerprint density at radius 3 is 2.72 bits per heavy atom. The molecule has 0 aliphatic heterocycles. The van der Waals surface area contributed by atoms with Crippen LogP contribution in [0.4, 0.5) is 10.5 Å². The smallest absolute Gasteiger partial charge is 0.411 e. The number of nitrogens with two attached hydrogens (primary N) is 1. The first-order valence-corrected chi connectivity index (χ1v) is 5.09. The summed E-state index contributed by atoms with van der Waals surface area (Å²) in [6.07, 6.45) is -0.795. The van der Waals surface area contributed by atoms with Gasteiger partial charge in [0.1, 0.15) is 18.4 Å². The van der Waals surface area contributed by atoms with E-state index in [1.54, 1.807) is 24.3 Å². The number of methoxy groups -OCH3 is 1. The molecule has 0 saturated carbocycles. The van der Waals surface area contributed by atoms with Gasteiger partial charge in [-0.1, -0.05) is 12.1 Å². The summed E-state index contributed by atoms with van der Waals surface area (Å²) in [5, 5.41) is 10.9. The van der Waals surface area contributed by atoms with Crippen LogP contribution in [0, 0.1) is 0 Å². The highest BCUT2D eigenvalue weighted by Gasteiger charge is 2.14. The number of hydrogen-bond acceptors (Lipinski definition) is 5. The summed E-state index contributed by atoms with van der Waals surface area (Å²) in [6, 6.07) is 5.50. The number of benzene rings is 1. The lowest BCUT2D eigenvalue weighted by Gasteiger charge is -2.11. The second kappa shape index (κ2) is 6.45. The molecule has 7 nitrogen and oxygen atoms in total. The Labute approximate surface area is 103 Å². The predicted octanol–water partition coefficient (Wildman–Crippen LogP) is 0.656. The number of rotatable bonds is 5. The van der Waals surface area contributed by atoms with Gasteiger partial charge in [-0.05, 0) is 12.1 Å². The minimum absolute atomic E-state index is 0.406. The molecule has 4 N–H and O–H groups in total. The minimum Gasteiger partial charge on any atom is -0.495 e. The molecule has 1 aromatic rings. The van der Waals surface area contributed by atoms with Gasteiger partial charge in [0, 0.05) is 0 Å². The Kier molecular flexibility index (Phi) is 4.94. The van der Waals surface area contributed by atoms with Gasteiger partial charge >= 0.3 is 12.1 Å². The Morgan fingerprint density at radius 1 is 1.44 bits per heavy atom.